The lowest BCUT2D eigenvalue weighted by Gasteiger charge is -2.15. The molecule has 0 aliphatic heterocycles. The highest BCUT2D eigenvalue weighted by atomic mass is 16.3. The Labute approximate surface area is 111 Å². The van der Waals surface area contributed by atoms with E-state index in [2.05, 4.69) is 27.3 Å². The Hall–Kier alpha value is -1.69. The molecule has 0 saturated heterocycles. The van der Waals surface area contributed by atoms with Crippen molar-refractivity contribution in [2.75, 3.05) is 11.9 Å². The number of aromatic nitrogens is 4. The Kier molecular flexibility index (Phi) is 3.33. The fourth-order valence-corrected chi connectivity index (χ4v) is 2.70. The molecule has 2 heterocycles. The summed E-state index contributed by atoms with van der Waals surface area (Å²) in [4.78, 5) is 8.59. The maximum Gasteiger partial charge on any atom is 0.163 e. The van der Waals surface area contributed by atoms with Crippen molar-refractivity contribution in [1.82, 2.24) is 19.7 Å². The summed E-state index contributed by atoms with van der Waals surface area (Å²) in [5.74, 6) is 0.825. The standard InChI is InChI=1S/C13H19N5O/c1-2-6-14-12-9-7-17-18(13(9)16-8-15-12)10-4-3-5-11(10)19/h7-8,10-11,19H,2-6H2,1H3,(H,14,15,16). The van der Waals surface area contributed by atoms with E-state index in [1.807, 2.05) is 4.68 Å². The minimum Gasteiger partial charge on any atom is -0.391 e. The van der Waals surface area contributed by atoms with Crippen molar-refractivity contribution in [2.24, 2.45) is 0 Å². The molecule has 0 bridgehead atoms. The summed E-state index contributed by atoms with van der Waals surface area (Å²) < 4.78 is 1.85. The molecule has 1 saturated carbocycles. The van der Waals surface area contributed by atoms with Gasteiger partial charge in [0.25, 0.3) is 0 Å². The van der Waals surface area contributed by atoms with Crippen LogP contribution >= 0.6 is 0 Å². The summed E-state index contributed by atoms with van der Waals surface area (Å²) in [7, 11) is 0. The number of anilines is 1. The first-order chi connectivity index (χ1) is 9.31. The van der Waals surface area contributed by atoms with Crippen LogP contribution in [-0.2, 0) is 0 Å². The third-order valence-electron chi connectivity index (χ3n) is 3.69. The van der Waals surface area contributed by atoms with E-state index in [9.17, 15) is 5.11 Å². The average molecular weight is 261 g/mol. The average Bonchev–Trinajstić information content (AvgIpc) is 3.02. The summed E-state index contributed by atoms with van der Waals surface area (Å²) in [5, 5.41) is 18.6. The molecule has 1 aliphatic rings. The van der Waals surface area contributed by atoms with Gasteiger partial charge in [0, 0.05) is 6.54 Å². The van der Waals surface area contributed by atoms with Crippen LogP contribution in [0.4, 0.5) is 5.82 Å². The van der Waals surface area contributed by atoms with Gasteiger partial charge in [0.2, 0.25) is 0 Å². The molecule has 2 N–H and O–H groups in total. The van der Waals surface area contributed by atoms with Gasteiger partial charge in [0.05, 0.1) is 23.7 Å². The molecule has 2 aromatic rings. The summed E-state index contributed by atoms with van der Waals surface area (Å²) >= 11 is 0. The monoisotopic (exact) mass is 261 g/mol. The molecule has 0 amide bonds. The van der Waals surface area contributed by atoms with Crippen LogP contribution in [0, 0.1) is 0 Å². The van der Waals surface area contributed by atoms with Gasteiger partial charge in [0.15, 0.2) is 5.65 Å². The lowest BCUT2D eigenvalue weighted by molar-refractivity contribution is 0.132. The molecule has 3 rings (SSSR count). The Morgan fingerprint density at radius 1 is 1.42 bits per heavy atom. The Balaban J connectivity index is 1.99. The summed E-state index contributed by atoms with van der Waals surface area (Å²) in [5.41, 5.74) is 0.805. The van der Waals surface area contributed by atoms with Gasteiger partial charge in [-0.05, 0) is 25.7 Å². The molecule has 1 fully saturated rings. The van der Waals surface area contributed by atoms with E-state index in [0.29, 0.717) is 0 Å². The van der Waals surface area contributed by atoms with E-state index in [1.54, 1.807) is 12.5 Å². The zero-order chi connectivity index (χ0) is 13.2. The van der Waals surface area contributed by atoms with E-state index in [-0.39, 0.29) is 12.1 Å². The van der Waals surface area contributed by atoms with Gasteiger partial charge in [-0.3, -0.25) is 0 Å². The van der Waals surface area contributed by atoms with E-state index in [0.717, 1.165) is 49.1 Å². The number of nitrogens with zero attached hydrogens (tertiary/aromatic N) is 4. The van der Waals surface area contributed by atoms with Crippen molar-refractivity contribution in [3.05, 3.63) is 12.5 Å². The van der Waals surface area contributed by atoms with Crippen LogP contribution in [0.3, 0.4) is 0 Å². The fraction of sp³-hybridized carbons (Fsp3) is 0.615. The second-order valence-electron chi connectivity index (χ2n) is 5.04. The topological polar surface area (TPSA) is 75.9 Å². The van der Waals surface area contributed by atoms with Gasteiger partial charge in [-0.25, -0.2) is 14.6 Å². The summed E-state index contributed by atoms with van der Waals surface area (Å²) in [6.45, 7) is 2.99. The van der Waals surface area contributed by atoms with Gasteiger partial charge in [-0.15, -0.1) is 0 Å². The molecule has 6 heteroatoms. The van der Waals surface area contributed by atoms with Crippen LogP contribution in [0.1, 0.15) is 38.6 Å². The highest BCUT2D eigenvalue weighted by Gasteiger charge is 2.29. The van der Waals surface area contributed by atoms with Crippen molar-refractivity contribution in [2.45, 2.75) is 44.8 Å². The van der Waals surface area contributed by atoms with Crippen molar-refractivity contribution in [1.29, 1.82) is 0 Å². The lowest BCUT2D eigenvalue weighted by Crippen LogP contribution is -2.19. The third-order valence-corrected chi connectivity index (χ3v) is 3.69. The highest BCUT2D eigenvalue weighted by Crippen LogP contribution is 2.32. The van der Waals surface area contributed by atoms with Crippen molar-refractivity contribution in [3.63, 3.8) is 0 Å². The van der Waals surface area contributed by atoms with Crippen LogP contribution in [-0.4, -0.2) is 37.5 Å². The predicted octanol–water partition coefficient (Wildman–Crippen LogP) is 1.73. The molecular formula is C13H19N5O. The molecule has 2 aromatic heterocycles. The SMILES string of the molecule is CCCNc1ncnc2c1cnn2C1CCCC1O. The van der Waals surface area contributed by atoms with E-state index in [4.69, 9.17) is 0 Å². The third kappa shape index (κ3) is 2.16. The second-order valence-corrected chi connectivity index (χ2v) is 5.04. The zero-order valence-electron chi connectivity index (χ0n) is 11.1. The van der Waals surface area contributed by atoms with Gasteiger partial charge in [-0.1, -0.05) is 6.92 Å². The molecule has 0 spiro atoms. The fourth-order valence-electron chi connectivity index (χ4n) is 2.70. The van der Waals surface area contributed by atoms with Crippen LogP contribution in [0.15, 0.2) is 12.5 Å². The molecular weight excluding hydrogens is 242 g/mol. The largest absolute Gasteiger partial charge is 0.391 e. The maximum atomic E-state index is 10.0. The van der Waals surface area contributed by atoms with Gasteiger partial charge < -0.3 is 10.4 Å². The number of rotatable bonds is 4. The van der Waals surface area contributed by atoms with Crippen molar-refractivity contribution < 1.29 is 5.11 Å². The van der Waals surface area contributed by atoms with Crippen LogP contribution in [0.25, 0.3) is 11.0 Å². The number of aliphatic hydroxyl groups is 1. The van der Waals surface area contributed by atoms with Crippen LogP contribution < -0.4 is 5.32 Å². The molecule has 0 aromatic carbocycles. The number of hydrogen-bond donors (Lipinski definition) is 2. The van der Waals surface area contributed by atoms with Gasteiger partial charge in [0.1, 0.15) is 12.1 Å². The normalized spacial score (nSPS) is 23.1. The first kappa shape index (κ1) is 12.3. The maximum absolute atomic E-state index is 10.0. The van der Waals surface area contributed by atoms with Crippen molar-refractivity contribution in [3.8, 4) is 0 Å². The molecule has 6 nitrogen and oxygen atoms in total. The molecule has 2 unspecified atom stereocenters. The molecule has 0 radical (unpaired) electrons. The second kappa shape index (κ2) is 5.13. The van der Waals surface area contributed by atoms with Gasteiger partial charge >= 0.3 is 0 Å². The smallest absolute Gasteiger partial charge is 0.163 e. The van der Waals surface area contributed by atoms with Crippen molar-refractivity contribution >= 4 is 16.9 Å². The Morgan fingerprint density at radius 3 is 3.05 bits per heavy atom. The number of hydrogen-bond acceptors (Lipinski definition) is 5. The predicted molar refractivity (Wildman–Crippen MR) is 73.0 cm³/mol. The Bertz CT molecular complexity index is 567. The minimum atomic E-state index is -0.315. The number of nitrogens with one attached hydrogen (secondary N) is 1. The zero-order valence-corrected chi connectivity index (χ0v) is 11.1. The summed E-state index contributed by atoms with van der Waals surface area (Å²) in [6.07, 6.45) is 6.92. The van der Waals surface area contributed by atoms with E-state index >= 15 is 0 Å². The molecule has 19 heavy (non-hydrogen) atoms. The lowest BCUT2D eigenvalue weighted by atomic mass is 10.2. The minimum absolute atomic E-state index is 0.0476. The van der Waals surface area contributed by atoms with Crippen LogP contribution in [0.2, 0.25) is 0 Å². The molecule has 1 aliphatic carbocycles. The van der Waals surface area contributed by atoms with E-state index in [1.165, 1.54) is 0 Å². The number of fused-ring (bicyclic) bond motifs is 1. The molecule has 102 valence electrons. The van der Waals surface area contributed by atoms with E-state index < -0.39 is 0 Å². The summed E-state index contributed by atoms with van der Waals surface area (Å²) in [6, 6.07) is 0.0476. The number of aliphatic hydroxyl groups excluding tert-OH is 1. The Morgan fingerprint density at radius 2 is 2.32 bits per heavy atom. The molecule has 2 atom stereocenters. The quantitative estimate of drug-likeness (QED) is 0.876. The first-order valence-corrected chi connectivity index (χ1v) is 6.91. The van der Waals surface area contributed by atoms with Crippen LogP contribution in [0.5, 0.6) is 0 Å². The van der Waals surface area contributed by atoms with Gasteiger partial charge in [-0.2, -0.15) is 5.10 Å². The highest BCUT2D eigenvalue weighted by molar-refractivity contribution is 5.86. The first-order valence-electron chi connectivity index (χ1n) is 6.91.